The van der Waals surface area contributed by atoms with Crippen molar-refractivity contribution in [3.05, 3.63) is 24.3 Å². The number of rotatable bonds is 1. The Bertz CT molecular complexity index is 210. The normalized spacial score (nSPS) is 8.00. The van der Waals surface area contributed by atoms with E-state index >= 15 is 0 Å². The minimum atomic E-state index is 0. The summed E-state index contributed by atoms with van der Waals surface area (Å²) in [7, 11) is 0. The number of nitrogens with two attached hydrogens (primary N) is 2. The minimum absolute atomic E-state index is 0. The summed E-state index contributed by atoms with van der Waals surface area (Å²) < 4.78 is 0. The lowest BCUT2D eigenvalue weighted by Gasteiger charge is -1.85. The van der Waals surface area contributed by atoms with Crippen molar-refractivity contribution >= 4 is 18.2 Å². The molecule has 0 atom stereocenters. The van der Waals surface area contributed by atoms with Gasteiger partial charge in [0, 0.05) is 12.4 Å². The molecule has 0 aliphatic carbocycles. The minimum Gasteiger partial charge on any atom is -0.284 e. The number of halogens is 1. The van der Waals surface area contributed by atoms with Gasteiger partial charge in [-0.15, -0.1) is 12.4 Å². The fourth-order valence-corrected chi connectivity index (χ4v) is 0.448. The maximum Gasteiger partial charge on any atom is 0.309 e. The summed E-state index contributed by atoms with van der Waals surface area (Å²) in [6, 6.07) is 1.70. The van der Waals surface area contributed by atoms with Gasteiger partial charge in [0.2, 0.25) is 5.82 Å². The molecule has 1 rings (SSSR count). The van der Waals surface area contributed by atoms with Crippen molar-refractivity contribution < 1.29 is 5.41 Å². The van der Waals surface area contributed by atoms with E-state index < -0.39 is 0 Å². The first-order valence-corrected chi connectivity index (χ1v) is 2.46. The van der Waals surface area contributed by atoms with Gasteiger partial charge in [-0.2, -0.15) is 0 Å². The van der Waals surface area contributed by atoms with Crippen LogP contribution in [-0.2, 0) is 0 Å². The van der Waals surface area contributed by atoms with E-state index in [-0.39, 0.29) is 18.2 Å². The van der Waals surface area contributed by atoms with E-state index in [0.29, 0.717) is 5.82 Å². The Hall–Kier alpha value is -1.16. The molecule has 0 saturated carbocycles. The molecule has 0 bridgehead atoms. The zero-order chi connectivity index (χ0) is 6.69. The van der Waals surface area contributed by atoms with Crippen molar-refractivity contribution in [3.8, 4) is 0 Å². The van der Waals surface area contributed by atoms with E-state index in [1.165, 1.54) is 0 Å². The van der Waals surface area contributed by atoms with E-state index in [4.69, 9.17) is 11.1 Å². The van der Waals surface area contributed by atoms with Crippen molar-refractivity contribution in [2.75, 3.05) is 0 Å². The highest BCUT2D eigenvalue weighted by atomic mass is 35.5. The Kier molecular flexibility index (Phi) is 3.35. The van der Waals surface area contributed by atoms with Crippen LogP contribution >= 0.6 is 12.4 Å². The van der Waals surface area contributed by atoms with E-state index in [0.717, 1.165) is 0 Å². The predicted octanol–water partition coefficient (Wildman–Crippen LogP) is -1.64. The van der Waals surface area contributed by atoms with Crippen LogP contribution < -0.4 is 11.1 Å². The predicted molar refractivity (Wildman–Crippen MR) is 39.5 cm³/mol. The number of hydrogen-bond donors (Lipinski definition) is 2. The molecule has 4 N–H and O–H groups in total. The lowest BCUT2D eigenvalue weighted by atomic mass is 10.5. The van der Waals surface area contributed by atoms with Crippen LogP contribution in [0.5, 0.6) is 0 Å². The van der Waals surface area contributed by atoms with Crippen molar-refractivity contribution in [1.82, 2.24) is 9.97 Å². The molecule has 0 aliphatic heterocycles. The summed E-state index contributed by atoms with van der Waals surface area (Å²) in [5, 5.41) is 5.18. The molecule has 0 saturated heterocycles. The van der Waals surface area contributed by atoms with Gasteiger partial charge >= 0.3 is 5.84 Å². The lowest BCUT2D eigenvalue weighted by Crippen LogP contribution is -2.47. The summed E-state index contributed by atoms with van der Waals surface area (Å²) in [6.45, 7) is 0. The lowest BCUT2D eigenvalue weighted by molar-refractivity contribution is -0.114. The first-order valence-electron chi connectivity index (χ1n) is 2.46. The largest absolute Gasteiger partial charge is 0.309 e. The van der Waals surface area contributed by atoms with E-state index in [1.54, 1.807) is 18.5 Å². The van der Waals surface area contributed by atoms with Crippen molar-refractivity contribution in [3.63, 3.8) is 0 Å². The van der Waals surface area contributed by atoms with Crippen LogP contribution in [0.15, 0.2) is 18.5 Å². The van der Waals surface area contributed by atoms with Crippen molar-refractivity contribution in [2.45, 2.75) is 0 Å². The summed E-state index contributed by atoms with van der Waals surface area (Å²) in [6.07, 6.45) is 3.17. The molecule has 1 aromatic rings. The second kappa shape index (κ2) is 3.79. The van der Waals surface area contributed by atoms with E-state index in [1.807, 2.05) is 0 Å². The van der Waals surface area contributed by atoms with Crippen LogP contribution in [0.4, 0.5) is 0 Å². The fourth-order valence-electron chi connectivity index (χ4n) is 0.448. The smallest absolute Gasteiger partial charge is 0.284 e. The Morgan fingerprint density at radius 2 is 1.90 bits per heavy atom. The van der Waals surface area contributed by atoms with Gasteiger partial charge in [-0.25, -0.2) is 9.97 Å². The van der Waals surface area contributed by atoms with Gasteiger partial charge in [0.05, 0.1) is 0 Å². The highest BCUT2D eigenvalue weighted by Gasteiger charge is 2.00. The Morgan fingerprint density at radius 1 is 1.40 bits per heavy atom. The Balaban J connectivity index is 0.000000810. The highest BCUT2D eigenvalue weighted by molar-refractivity contribution is 5.88. The average Bonchev–Trinajstić information content (AvgIpc) is 1.90. The van der Waals surface area contributed by atoms with E-state index in [2.05, 4.69) is 9.97 Å². The zero-order valence-electron chi connectivity index (χ0n) is 5.19. The molecule has 1 heterocycles. The van der Waals surface area contributed by atoms with Crippen molar-refractivity contribution in [1.29, 1.82) is 0 Å². The third-order valence-electron chi connectivity index (χ3n) is 0.824. The van der Waals surface area contributed by atoms with Crippen LogP contribution in [0, 0.1) is 0 Å². The monoisotopic (exact) mass is 159 g/mol. The number of nitrogens with zero attached hydrogens (tertiary/aromatic N) is 2. The molecule has 1 aromatic heterocycles. The summed E-state index contributed by atoms with van der Waals surface area (Å²) in [5.74, 6) is 0.535. The molecule has 0 aliphatic rings. The van der Waals surface area contributed by atoms with Gasteiger partial charge in [-0.1, -0.05) is 0 Å². The molecule has 0 unspecified atom stereocenters. The van der Waals surface area contributed by atoms with Crippen LogP contribution in [0.3, 0.4) is 0 Å². The van der Waals surface area contributed by atoms with Gasteiger partial charge in [-0.05, 0) is 6.07 Å². The van der Waals surface area contributed by atoms with Gasteiger partial charge < -0.3 is 0 Å². The Labute approximate surface area is 64.4 Å². The zero-order valence-corrected chi connectivity index (χ0v) is 6.01. The van der Waals surface area contributed by atoms with Gasteiger partial charge in [0.15, 0.2) is 0 Å². The summed E-state index contributed by atoms with van der Waals surface area (Å²) in [4.78, 5) is 7.56. The van der Waals surface area contributed by atoms with Crippen LogP contribution in [0.25, 0.3) is 0 Å². The molecular weight excluding hydrogens is 152 g/mol. The molecule has 0 amide bonds. The molecule has 10 heavy (non-hydrogen) atoms. The molecule has 5 heteroatoms. The maximum atomic E-state index is 5.18. The number of hydrogen-bond acceptors (Lipinski definition) is 2. The maximum absolute atomic E-state index is 5.18. The molecule has 0 radical (unpaired) electrons. The van der Waals surface area contributed by atoms with Crippen molar-refractivity contribution in [2.24, 2.45) is 5.73 Å². The molecular formula is C5H8ClN4+. The van der Waals surface area contributed by atoms with Crippen LogP contribution in [0.1, 0.15) is 5.82 Å². The first kappa shape index (κ1) is 8.84. The second-order valence-electron chi connectivity index (χ2n) is 1.53. The third-order valence-corrected chi connectivity index (χ3v) is 0.824. The number of amidine groups is 1. The topological polar surface area (TPSA) is 77.4 Å². The molecule has 4 nitrogen and oxygen atoms in total. The third kappa shape index (κ3) is 1.99. The highest BCUT2D eigenvalue weighted by Crippen LogP contribution is 1.80. The van der Waals surface area contributed by atoms with Gasteiger partial charge in [0.1, 0.15) is 0 Å². The number of aromatic nitrogens is 2. The SMILES string of the molecule is Cl.NC(=[NH2+])c1ncccn1. The van der Waals surface area contributed by atoms with Crippen LogP contribution in [0.2, 0.25) is 0 Å². The first-order chi connectivity index (χ1) is 4.30. The molecule has 54 valence electrons. The molecule has 0 aromatic carbocycles. The Morgan fingerprint density at radius 3 is 2.20 bits per heavy atom. The molecule has 0 spiro atoms. The fraction of sp³-hybridized carbons (Fsp3) is 0. The quantitative estimate of drug-likeness (QED) is 0.381. The summed E-state index contributed by atoms with van der Waals surface area (Å²) >= 11 is 0. The van der Waals surface area contributed by atoms with Gasteiger partial charge in [0.25, 0.3) is 0 Å². The van der Waals surface area contributed by atoms with E-state index in [9.17, 15) is 0 Å². The summed E-state index contributed by atoms with van der Waals surface area (Å²) in [5.41, 5.74) is 5.18. The standard InChI is InChI=1S/C5H6N4.ClH/c6-4(7)5-8-2-1-3-9-5;/h1-3H,(H3,6,7);1H/p+1. The molecule has 0 fully saturated rings. The van der Waals surface area contributed by atoms with Gasteiger partial charge in [-0.3, -0.25) is 11.1 Å². The second-order valence-corrected chi connectivity index (χ2v) is 1.53. The van der Waals surface area contributed by atoms with Crippen LogP contribution in [-0.4, -0.2) is 15.8 Å². The average molecular weight is 160 g/mol.